The third kappa shape index (κ3) is 5.04. The van der Waals surface area contributed by atoms with Crippen molar-refractivity contribution in [1.29, 1.82) is 0 Å². The van der Waals surface area contributed by atoms with E-state index in [4.69, 9.17) is 4.74 Å². The van der Waals surface area contributed by atoms with E-state index in [0.717, 1.165) is 12.1 Å². The quantitative estimate of drug-likeness (QED) is 0.882. The number of rotatable bonds is 6. The van der Waals surface area contributed by atoms with Gasteiger partial charge in [-0.15, -0.1) is 0 Å². The number of aromatic nitrogens is 2. The Balaban J connectivity index is 1.95. The molecule has 24 heavy (non-hydrogen) atoms. The minimum Gasteiger partial charge on any atom is -0.481 e. The second-order valence-corrected chi connectivity index (χ2v) is 6.61. The highest BCUT2D eigenvalue weighted by Gasteiger charge is 2.26. The average Bonchev–Trinajstić information content (AvgIpc) is 2.98. The van der Waals surface area contributed by atoms with E-state index in [9.17, 15) is 13.6 Å². The van der Waals surface area contributed by atoms with Crippen LogP contribution in [-0.4, -0.2) is 28.1 Å². The molecule has 2 rings (SSSR count). The van der Waals surface area contributed by atoms with E-state index in [1.807, 2.05) is 31.5 Å². The summed E-state index contributed by atoms with van der Waals surface area (Å²) in [5, 5.41) is 2.89. The number of hydrogen-bond donors (Lipinski definition) is 1. The van der Waals surface area contributed by atoms with Crippen LogP contribution in [0.5, 0.6) is 5.75 Å². The van der Waals surface area contributed by atoms with Crippen LogP contribution in [0.25, 0.3) is 0 Å². The van der Waals surface area contributed by atoms with Crippen molar-refractivity contribution in [3.8, 4) is 5.75 Å². The van der Waals surface area contributed by atoms with E-state index in [2.05, 4.69) is 10.3 Å². The topological polar surface area (TPSA) is 56.2 Å². The van der Waals surface area contributed by atoms with Crippen molar-refractivity contribution in [2.75, 3.05) is 6.61 Å². The summed E-state index contributed by atoms with van der Waals surface area (Å²) < 4.78 is 33.3. The highest BCUT2D eigenvalue weighted by atomic mass is 19.1. The number of amides is 1. The van der Waals surface area contributed by atoms with Gasteiger partial charge in [0, 0.05) is 25.0 Å². The van der Waals surface area contributed by atoms with Crippen molar-refractivity contribution >= 4 is 5.91 Å². The highest BCUT2D eigenvalue weighted by Crippen LogP contribution is 2.21. The van der Waals surface area contributed by atoms with Crippen LogP contribution < -0.4 is 10.1 Å². The second kappa shape index (κ2) is 7.42. The molecule has 0 aliphatic carbocycles. The lowest BCUT2D eigenvalue weighted by molar-refractivity contribution is -0.124. The largest absolute Gasteiger partial charge is 0.481 e. The number of carbonyl (C=O) groups is 1. The summed E-state index contributed by atoms with van der Waals surface area (Å²) in [5.41, 5.74) is -0.193. The lowest BCUT2D eigenvalue weighted by Crippen LogP contribution is -2.47. The van der Waals surface area contributed by atoms with Gasteiger partial charge in [0.05, 0.1) is 12.4 Å². The van der Waals surface area contributed by atoms with Crippen molar-refractivity contribution in [2.24, 2.45) is 5.41 Å². The van der Waals surface area contributed by atoms with E-state index < -0.39 is 11.6 Å². The lowest BCUT2D eigenvalue weighted by atomic mass is 9.86. The van der Waals surface area contributed by atoms with Crippen LogP contribution in [0.4, 0.5) is 8.78 Å². The smallest absolute Gasteiger partial charge is 0.258 e. The second-order valence-electron chi connectivity index (χ2n) is 6.61. The molecule has 0 saturated carbocycles. The maximum absolute atomic E-state index is 13.5. The van der Waals surface area contributed by atoms with Crippen LogP contribution in [0.3, 0.4) is 0 Å². The van der Waals surface area contributed by atoms with Gasteiger partial charge >= 0.3 is 0 Å². The molecule has 0 spiro atoms. The molecule has 1 amide bonds. The van der Waals surface area contributed by atoms with Gasteiger partial charge in [-0.3, -0.25) is 4.79 Å². The predicted octanol–water partition coefficient (Wildman–Crippen LogP) is 2.77. The number of imidazole rings is 1. The van der Waals surface area contributed by atoms with Crippen molar-refractivity contribution in [3.05, 3.63) is 48.6 Å². The maximum Gasteiger partial charge on any atom is 0.258 e. The maximum atomic E-state index is 13.5. The molecule has 0 bridgehead atoms. The molecular formula is C17H21F2N3O2. The number of hydrogen-bond acceptors (Lipinski definition) is 3. The lowest BCUT2D eigenvalue weighted by Gasteiger charge is -2.31. The Kier molecular flexibility index (Phi) is 5.54. The fourth-order valence-corrected chi connectivity index (χ4v) is 2.11. The molecular weight excluding hydrogens is 316 g/mol. The first-order chi connectivity index (χ1) is 11.3. The zero-order valence-electron chi connectivity index (χ0n) is 13.9. The van der Waals surface area contributed by atoms with Crippen LogP contribution in [0.1, 0.15) is 20.8 Å². The number of ether oxygens (including phenoxy) is 1. The number of nitrogens with one attached hydrogen (secondary N) is 1. The van der Waals surface area contributed by atoms with Crippen LogP contribution in [0.2, 0.25) is 0 Å². The third-order valence-electron chi connectivity index (χ3n) is 3.59. The van der Waals surface area contributed by atoms with Crippen LogP contribution in [-0.2, 0) is 11.3 Å². The molecule has 0 aliphatic heterocycles. The summed E-state index contributed by atoms with van der Waals surface area (Å²) >= 11 is 0. The van der Waals surface area contributed by atoms with Gasteiger partial charge in [0.1, 0.15) is 5.82 Å². The molecule has 2 aromatic rings. The Morgan fingerprint density at radius 1 is 1.38 bits per heavy atom. The zero-order chi connectivity index (χ0) is 17.7. The fourth-order valence-electron chi connectivity index (χ4n) is 2.11. The standard InChI is InChI=1S/C17H21F2N3O2/c1-17(2,3)15(9-22-7-6-20-11-22)21-16(23)10-24-14-5-4-12(18)8-13(14)19/h4-8,11,15H,9-10H2,1-3H3,(H,21,23)/t15-/m0/s1. The van der Waals surface area contributed by atoms with Gasteiger partial charge in [-0.25, -0.2) is 13.8 Å². The molecule has 1 aromatic carbocycles. The normalized spacial score (nSPS) is 12.7. The minimum atomic E-state index is -0.839. The molecule has 0 saturated heterocycles. The first-order valence-electron chi connectivity index (χ1n) is 7.58. The molecule has 130 valence electrons. The molecule has 1 atom stereocenters. The van der Waals surface area contributed by atoms with Crippen molar-refractivity contribution < 1.29 is 18.3 Å². The Labute approximate surface area is 139 Å². The Morgan fingerprint density at radius 3 is 2.71 bits per heavy atom. The number of nitrogens with zero attached hydrogens (tertiary/aromatic N) is 2. The highest BCUT2D eigenvalue weighted by molar-refractivity contribution is 5.77. The molecule has 0 fully saturated rings. The van der Waals surface area contributed by atoms with E-state index >= 15 is 0 Å². The van der Waals surface area contributed by atoms with Crippen molar-refractivity contribution in [1.82, 2.24) is 14.9 Å². The molecule has 0 aliphatic rings. The average molecular weight is 337 g/mol. The van der Waals surface area contributed by atoms with Crippen LogP contribution in [0, 0.1) is 17.0 Å². The number of benzene rings is 1. The van der Waals surface area contributed by atoms with Crippen LogP contribution in [0.15, 0.2) is 36.9 Å². The Morgan fingerprint density at radius 2 is 2.12 bits per heavy atom. The van der Waals surface area contributed by atoms with Crippen molar-refractivity contribution in [2.45, 2.75) is 33.4 Å². The fraction of sp³-hybridized carbons (Fsp3) is 0.412. The first-order valence-corrected chi connectivity index (χ1v) is 7.58. The van der Waals surface area contributed by atoms with E-state index in [-0.39, 0.29) is 29.7 Å². The molecule has 1 heterocycles. The van der Waals surface area contributed by atoms with Gasteiger partial charge in [-0.05, 0) is 17.5 Å². The molecule has 0 unspecified atom stereocenters. The summed E-state index contributed by atoms with van der Waals surface area (Å²) in [7, 11) is 0. The summed E-state index contributed by atoms with van der Waals surface area (Å²) in [6.07, 6.45) is 5.16. The van der Waals surface area contributed by atoms with E-state index in [1.165, 1.54) is 0 Å². The Hall–Kier alpha value is -2.44. The summed E-state index contributed by atoms with van der Waals surface area (Å²) in [6.45, 7) is 6.24. The number of carbonyl (C=O) groups excluding carboxylic acids is 1. The Bertz CT molecular complexity index is 682. The van der Waals surface area contributed by atoms with Gasteiger partial charge in [0.2, 0.25) is 0 Å². The SMILES string of the molecule is CC(C)(C)[C@H](Cn1ccnc1)NC(=O)COc1ccc(F)cc1F. The van der Waals surface area contributed by atoms with Gasteiger partial charge in [0.15, 0.2) is 18.2 Å². The molecule has 5 nitrogen and oxygen atoms in total. The van der Waals surface area contributed by atoms with Gasteiger partial charge in [-0.2, -0.15) is 0 Å². The first kappa shape index (κ1) is 17.9. The predicted molar refractivity (Wildman–Crippen MR) is 85.5 cm³/mol. The molecule has 7 heteroatoms. The summed E-state index contributed by atoms with van der Waals surface area (Å²) in [4.78, 5) is 16.1. The third-order valence-corrected chi connectivity index (χ3v) is 3.59. The number of halogens is 2. The minimum absolute atomic E-state index is 0.159. The van der Waals surface area contributed by atoms with E-state index in [0.29, 0.717) is 12.6 Å². The monoisotopic (exact) mass is 337 g/mol. The summed E-state index contributed by atoms with van der Waals surface area (Å²) in [6, 6.07) is 2.78. The van der Waals surface area contributed by atoms with Gasteiger partial charge < -0.3 is 14.6 Å². The molecule has 1 aromatic heterocycles. The van der Waals surface area contributed by atoms with Gasteiger partial charge in [0.25, 0.3) is 5.91 Å². The van der Waals surface area contributed by atoms with Crippen molar-refractivity contribution in [3.63, 3.8) is 0 Å². The molecule has 1 N–H and O–H groups in total. The van der Waals surface area contributed by atoms with Gasteiger partial charge in [-0.1, -0.05) is 20.8 Å². The van der Waals surface area contributed by atoms with Crippen LogP contribution >= 0.6 is 0 Å². The molecule has 0 radical (unpaired) electrons. The summed E-state index contributed by atoms with van der Waals surface area (Å²) in [5.74, 6) is -2.07. The van der Waals surface area contributed by atoms with E-state index in [1.54, 1.807) is 12.5 Å². The zero-order valence-corrected chi connectivity index (χ0v) is 13.9.